The molecule has 14 heteroatoms. The quantitative estimate of drug-likeness (QED) is 0.247. The highest BCUT2D eigenvalue weighted by Crippen LogP contribution is 2.37. The molecule has 0 aliphatic heterocycles. The number of carboxylic acids is 1. The Kier molecular flexibility index (Phi) is 9.46. The number of hydrogen-bond donors (Lipinski definition) is 3. The lowest BCUT2D eigenvalue weighted by Crippen LogP contribution is -2.34. The Morgan fingerprint density at radius 1 is 1.09 bits per heavy atom. The standard InChI is InChI=1S/C29H32F2N4O8/c1-15(33-28(39)43-29(2,3)4)23-20(13-32-24(36)18-6-5-7-19(34-18)26(37)38)35-25(42-23)17-10-11-21(41-27(30)31)22(12-17)40-14-16-8-9-16/h5-7,10-12,15-16,27H,8-9,13-14H2,1-4H3,(H,32,36)(H,33,39)(H,37,38). The molecule has 0 radical (unpaired) electrons. The number of carbonyl (C=O) groups excluding carboxylic acids is 2. The lowest BCUT2D eigenvalue weighted by molar-refractivity contribution is -0.0515. The van der Waals surface area contributed by atoms with Crippen LogP contribution in [0.4, 0.5) is 13.6 Å². The van der Waals surface area contributed by atoms with Crippen LogP contribution in [0, 0.1) is 5.92 Å². The molecule has 2 heterocycles. The van der Waals surface area contributed by atoms with Gasteiger partial charge in [-0.3, -0.25) is 4.79 Å². The van der Waals surface area contributed by atoms with Crippen LogP contribution in [0.3, 0.4) is 0 Å². The van der Waals surface area contributed by atoms with Crippen LogP contribution < -0.4 is 20.1 Å². The molecule has 1 fully saturated rings. The molecule has 1 aliphatic carbocycles. The number of alkyl carbamates (subject to hydrolysis) is 1. The summed E-state index contributed by atoms with van der Waals surface area (Å²) in [4.78, 5) is 44.8. The third-order valence-electron chi connectivity index (χ3n) is 6.05. The van der Waals surface area contributed by atoms with E-state index in [1.54, 1.807) is 27.7 Å². The van der Waals surface area contributed by atoms with Crippen LogP contribution >= 0.6 is 0 Å². The number of ether oxygens (including phenoxy) is 3. The number of oxazole rings is 1. The van der Waals surface area contributed by atoms with Crippen molar-refractivity contribution < 1.29 is 46.9 Å². The second-order valence-corrected chi connectivity index (χ2v) is 10.9. The van der Waals surface area contributed by atoms with E-state index in [0.717, 1.165) is 12.8 Å². The van der Waals surface area contributed by atoms with E-state index < -0.39 is 36.2 Å². The number of nitrogens with zero attached hydrogens (tertiary/aromatic N) is 2. The molecule has 1 aliphatic rings. The van der Waals surface area contributed by atoms with Crippen LogP contribution in [0.1, 0.15) is 79.0 Å². The molecule has 1 saturated carbocycles. The van der Waals surface area contributed by atoms with Crippen molar-refractivity contribution in [3.63, 3.8) is 0 Å². The molecule has 3 aromatic rings. The van der Waals surface area contributed by atoms with Gasteiger partial charge >= 0.3 is 18.7 Å². The lowest BCUT2D eigenvalue weighted by Gasteiger charge is -2.21. The van der Waals surface area contributed by atoms with Crippen molar-refractivity contribution in [1.82, 2.24) is 20.6 Å². The molecule has 2 amide bonds. The number of carbonyl (C=O) groups is 3. The zero-order valence-corrected chi connectivity index (χ0v) is 24.0. The number of alkyl halides is 2. The Morgan fingerprint density at radius 2 is 1.81 bits per heavy atom. The second-order valence-electron chi connectivity index (χ2n) is 10.9. The van der Waals surface area contributed by atoms with E-state index in [4.69, 9.17) is 13.9 Å². The van der Waals surface area contributed by atoms with Gasteiger partial charge in [0.15, 0.2) is 17.3 Å². The van der Waals surface area contributed by atoms with Crippen LogP contribution in [0.2, 0.25) is 0 Å². The van der Waals surface area contributed by atoms with Gasteiger partial charge in [-0.15, -0.1) is 0 Å². The van der Waals surface area contributed by atoms with Crippen molar-refractivity contribution >= 4 is 18.0 Å². The van der Waals surface area contributed by atoms with Gasteiger partial charge in [0.2, 0.25) is 5.89 Å². The Balaban J connectivity index is 1.62. The normalized spacial score (nSPS) is 13.7. The van der Waals surface area contributed by atoms with Crippen molar-refractivity contribution in [3.05, 3.63) is 59.2 Å². The zero-order chi connectivity index (χ0) is 31.3. The van der Waals surface area contributed by atoms with Crippen molar-refractivity contribution in [2.24, 2.45) is 5.92 Å². The average molecular weight is 603 g/mol. The summed E-state index contributed by atoms with van der Waals surface area (Å²) < 4.78 is 47.7. The molecule has 230 valence electrons. The Hall–Kier alpha value is -4.75. The van der Waals surface area contributed by atoms with Gasteiger partial charge in [0.25, 0.3) is 5.91 Å². The fraction of sp³-hybridized carbons (Fsp3) is 0.414. The molecule has 3 N–H and O–H groups in total. The first-order valence-corrected chi connectivity index (χ1v) is 13.5. The van der Waals surface area contributed by atoms with Gasteiger partial charge in [-0.25, -0.2) is 19.6 Å². The van der Waals surface area contributed by atoms with Crippen LogP contribution in [-0.4, -0.2) is 51.9 Å². The van der Waals surface area contributed by atoms with Gasteiger partial charge in [0, 0.05) is 5.56 Å². The van der Waals surface area contributed by atoms with Gasteiger partial charge in [-0.2, -0.15) is 8.78 Å². The molecule has 2 aromatic heterocycles. The summed E-state index contributed by atoms with van der Waals surface area (Å²) >= 11 is 0. The Bertz CT molecular complexity index is 1480. The van der Waals surface area contributed by atoms with Gasteiger partial charge in [0.1, 0.15) is 22.7 Å². The summed E-state index contributed by atoms with van der Waals surface area (Å²) in [6.07, 6.45) is 1.26. The average Bonchev–Trinajstić information content (AvgIpc) is 3.66. The van der Waals surface area contributed by atoms with E-state index in [2.05, 4.69) is 25.3 Å². The molecule has 1 aromatic carbocycles. The van der Waals surface area contributed by atoms with Gasteiger partial charge < -0.3 is 34.4 Å². The summed E-state index contributed by atoms with van der Waals surface area (Å²) in [6.45, 7) is 3.86. The fourth-order valence-corrected chi connectivity index (χ4v) is 3.88. The number of amides is 2. The third-order valence-corrected chi connectivity index (χ3v) is 6.05. The first kappa shape index (κ1) is 31.2. The first-order chi connectivity index (χ1) is 20.3. The number of pyridine rings is 1. The zero-order valence-electron chi connectivity index (χ0n) is 24.0. The van der Waals surface area contributed by atoms with E-state index >= 15 is 0 Å². The van der Waals surface area contributed by atoms with Crippen molar-refractivity contribution in [2.75, 3.05) is 6.61 Å². The van der Waals surface area contributed by atoms with Crippen molar-refractivity contribution in [3.8, 4) is 23.0 Å². The number of hydrogen-bond acceptors (Lipinski definition) is 9. The largest absolute Gasteiger partial charge is 0.489 e. The number of aromatic carboxylic acids is 1. The molecule has 12 nitrogen and oxygen atoms in total. The minimum Gasteiger partial charge on any atom is -0.489 e. The minimum absolute atomic E-state index is 0.0583. The predicted molar refractivity (Wildman–Crippen MR) is 147 cm³/mol. The van der Waals surface area contributed by atoms with Crippen molar-refractivity contribution in [2.45, 2.75) is 65.3 Å². The smallest absolute Gasteiger partial charge is 0.408 e. The minimum atomic E-state index is -3.05. The van der Waals surface area contributed by atoms with E-state index in [1.165, 1.54) is 36.4 Å². The maximum absolute atomic E-state index is 13.0. The molecule has 4 rings (SSSR count). The third kappa shape index (κ3) is 8.87. The molecule has 1 atom stereocenters. The summed E-state index contributed by atoms with van der Waals surface area (Å²) in [5, 5.41) is 14.5. The summed E-state index contributed by atoms with van der Waals surface area (Å²) in [5.74, 6) is -1.43. The van der Waals surface area contributed by atoms with E-state index in [-0.39, 0.29) is 46.8 Å². The number of nitrogens with one attached hydrogen (secondary N) is 2. The monoisotopic (exact) mass is 602 g/mol. The Morgan fingerprint density at radius 3 is 2.47 bits per heavy atom. The molecule has 1 unspecified atom stereocenters. The SMILES string of the molecule is CC(NC(=O)OC(C)(C)C)c1oc(-c2ccc(OC(F)F)c(OCC3CC3)c2)nc1CNC(=O)c1cccc(C(=O)O)n1. The summed E-state index contributed by atoms with van der Waals surface area (Å²) in [6, 6.07) is 7.48. The van der Waals surface area contributed by atoms with Crippen LogP contribution in [0.15, 0.2) is 40.8 Å². The van der Waals surface area contributed by atoms with Crippen LogP contribution in [0.5, 0.6) is 11.5 Å². The van der Waals surface area contributed by atoms with E-state index in [0.29, 0.717) is 18.1 Å². The number of carboxylic acid groups (broad SMARTS) is 1. The van der Waals surface area contributed by atoms with Gasteiger partial charge in [-0.05, 0) is 76.8 Å². The summed E-state index contributed by atoms with van der Waals surface area (Å²) in [5.41, 5.74) is -0.589. The molecular weight excluding hydrogens is 570 g/mol. The lowest BCUT2D eigenvalue weighted by atomic mass is 10.2. The second kappa shape index (κ2) is 13.0. The predicted octanol–water partition coefficient (Wildman–Crippen LogP) is 5.34. The summed E-state index contributed by atoms with van der Waals surface area (Å²) in [7, 11) is 0. The topological polar surface area (TPSA) is 162 Å². The molecule has 0 saturated heterocycles. The first-order valence-electron chi connectivity index (χ1n) is 13.5. The highest BCUT2D eigenvalue weighted by molar-refractivity contribution is 5.94. The number of benzene rings is 1. The van der Waals surface area contributed by atoms with Crippen LogP contribution in [0.25, 0.3) is 11.5 Å². The highest BCUT2D eigenvalue weighted by atomic mass is 19.3. The fourth-order valence-electron chi connectivity index (χ4n) is 3.88. The van der Waals surface area contributed by atoms with E-state index in [1.807, 2.05) is 0 Å². The molecule has 0 spiro atoms. The van der Waals surface area contributed by atoms with Gasteiger partial charge in [-0.1, -0.05) is 6.07 Å². The molecular formula is C29H32F2N4O8. The molecule has 43 heavy (non-hydrogen) atoms. The number of halogens is 2. The maximum atomic E-state index is 13.0. The van der Waals surface area contributed by atoms with Crippen molar-refractivity contribution in [1.29, 1.82) is 0 Å². The number of rotatable bonds is 12. The van der Waals surface area contributed by atoms with Gasteiger partial charge in [0.05, 0.1) is 19.2 Å². The highest BCUT2D eigenvalue weighted by Gasteiger charge is 2.27. The maximum Gasteiger partial charge on any atom is 0.408 e. The Labute approximate surface area is 245 Å². The molecule has 0 bridgehead atoms. The van der Waals surface area contributed by atoms with Crippen LogP contribution in [-0.2, 0) is 11.3 Å². The number of aromatic nitrogens is 2. The van der Waals surface area contributed by atoms with E-state index in [9.17, 15) is 28.3 Å².